The first-order valence-electron chi connectivity index (χ1n) is 7.45. The third-order valence-electron chi connectivity index (χ3n) is 4.48. The van der Waals surface area contributed by atoms with Gasteiger partial charge in [-0.25, -0.2) is 4.98 Å². The van der Waals surface area contributed by atoms with E-state index < -0.39 is 0 Å². The number of nitrogens with zero attached hydrogens (tertiary/aromatic N) is 2. The molecule has 0 amide bonds. The van der Waals surface area contributed by atoms with Gasteiger partial charge in [0.2, 0.25) is 0 Å². The number of hydrogen-bond acceptors (Lipinski definition) is 2. The first-order chi connectivity index (χ1) is 9.77. The number of para-hydroxylation sites is 1. The minimum absolute atomic E-state index is 0.134. The van der Waals surface area contributed by atoms with Crippen LogP contribution in [0.5, 0.6) is 5.75 Å². The fraction of sp³-hybridized carbons (Fsp3) is 0.588. The van der Waals surface area contributed by atoms with Crippen LogP contribution in [-0.2, 0) is 6.54 Å². The number of aromatic nitrogens is 2. The predicted octanol–water partition coefficient (Wildman–Crippen LogP) is 5.03. The summed E-state index contributed by atoms with van der Waals surface area (Å²) in [4.78, 5) is 4.73. The van der Waals surface area contributed by atoms with E-state index in [2.05, 4.69) is 38.3 Å². The monoisotopic (exact) mass is 308 g/mol. The van der Waals surface area contributed by atoms with Gasteiger partial charge in [0.1, 0.15) is 17.1 Å². The molecule has 116 valence electrons. The maximum atomic E-state index is 6.36. The molecule has 1 atom stereocenters. The number of ether oxygens (including phenoxy) is 1. The van der Waals surface area contributed by atoms with E-state index in [1.165, 1.54) is 0 Å². The summed E-state index contributed by atoms with van der Waals surface area (Å²) in [6.45, 7) is 11.9. The lowest BCUT2D eigenvalue weighted by molar-refractivity contribution is 0.210. The summed E-state index contributed by atoms with van der Waals surface area (Å²) in [6, 6.07) is 6.03. The van der Waals surface area contributed by atoms with Gasteiger partial charge in [-0.1, -0.05) is 33.8 Å². The highest BCUT2D eigenvalue weighted by Gasteiger charge is 2.27. The number of halogens is 1. The first kappa shape index (κ1) is 16.2. The van der Waals surface area contributed by atoms with Crippen LogP contribution in [0, 0.1) is 11.3 Å². The number of imidazole rings is 1. The van der Waals surface area contributed by atoms with Crippen LogP contribution < -0.4 is 4.74 Å². The van der Waals surface area contributed by atoms with E-state index in [9.17, 15) is 0 Å². The average molecular weight is 309 g/mol. The van der Waals surface area contributed by atoms with Gasteiger partial charge >= 0.3 is 0 Å². The molecule has 0 radical (unpaired) electrons. The second-order valence-corrected chi connectivity index (χ2v) is 7.30. The Kier molecular flexibility index (Phi) is 4.52. The average Bonchev–Trinajstić information content (AvgIpc) is 2.77. The number of hydrogen-bond donors (Lipinski definition) is 0. The van der Waals surface area contributed by atoms with E-state index in [4.69, 9.17) is 21.3 Å². The van der Waals surface area contributed by atoms with E-state index in [1.807, 2.05) is 19.1 Å². The number of alkyl halides is 1. The van der Waals surface area contributed by atoms with E-state index in [0.717, 1.165) is 29.2 Å². The Morgan fingerprint density at radius 3 is 2.48 bits per heavy atom. The minimum Gasteiger partial charge on any atom is -0.494 e. The quantitative estimate of drug-likeness (QED) is 0.725. The Morgan fingerprint density at radius 2 is 1.95 bits per heavy atom. The lowest BCUT2D eigenvalue weighted by atomic mass is 9.81. The second-order valence-electron chi connectivity index (χ2n) is 6.64. The van der Waals surface area contributed by atoms with Crippen molar-refractivity contribution in [2.24, 2.45) is 11.3 Å². The first-order valence-corrected chi connectivity index (χ1v) is 7.88. The molecule has 0 bridgehead atoms. The summed E-state index contributed by atoms with van der Waals surface area (Å²) in [7, 11) is 1.68. The summed E-state index contributed by atoms with van der Waals surface area (Å²) < 4.78 is 7.68. The molecule has 0 N–H and O–H groups in total. The third kappa shape index (κ3) is 3.03. The minimum atomic E-state index is -0.134. The fourth-order valence-corrected chi connectivity index (χ4v) is 2.53. The molecule has 0 saturated heterocycles. The zero-order valence-corrected chi connectivity index (χ0v) is 14.5. The van der Waals surface area contributed by atoms with E-state index >= 15 is 0 Å². The normalized spacial score (nSPS) is 13.9. The Morgan fingerprint density at radius 1 is 1.29 bits per heavy atom. The van der Waals surface area contributed by atoms with Crippen LogP contribution in [-0.4, -0.2) is 16.7 Å². The Bertz CT molecular complexity index is 629. The van der Waals surface area contributed by atoms with Crippen LogP contribution in [0.15, 0.2) is 18.2 Å². The molecule has 2 rings (SSSR count). The summed E-state index contributed by atoms with van der Waals surface area (Å²) in [5, 5.41) is -0.134. The molecule has 4 heteroatoms. The van der Waals surface area contributed by atoms with Crippen molar-refractivity contribution in [3.8, 4) is 5.75 Å². The molecule has 0 spiro atoms. The highest BCUT2D eigenvalue weighted by Crippen LogP contribution is 2.35. The smallest absolute Gasteiger partial charge is 0.146 e. The van der Waals surface area contributed by atoms with Gasteiger partial charge in [0.05, 0.1) is 18.0 Å². The van der Waals surface area contributed by atoms with Crippen molar-refractivity contribution in [1.82, 2.24) is 9.55 Å². The molecule has 21 heavy (non-hydrogen) atoms. The van der Waals surface area contributed by atoms with Gasteiger partial charge in [-0.2, -0.15) is 0 Å². The molecule has 1 heterocycles. The topological polar surface area (TPSA) is 27.1 Å². The highest BCUT2D eigenvalue weighted by molar-refractivity contribution is 6.20. The molecule has 1 aromatic carbocycles. The predicted molar refractivity (Wildman–Crippen MR) is 89.2 cm³/mol. The van der Waals surface area contributed by atoms with Crippen molar-refractivity contribution < 1.29 is 4.74 Å². The number of methoxy groups -OCH3 is 1. The molecule has 1 aromatic heterocycles. The maximum absolute atomic E-state index is 6.36. The van der Waals surface area contributed by atoms with Crippen LogP contribution >= 0.6 is 11.6 Å². The number of fused-ring (bicyclic) bond motifs is 1. The van der Waals surface area contributed by atoms with Crippen molar-refractivity contribution in [3.63, 3.8) is 0 Å². The summed E-state index contributed by atoms with van der Waals surface area (Å²) in [5.41, 5.74) is 2.14. The van der Waals surface area contributed by atoms with Crippen molar-refractivity contribution in [3.05, 3.63) is 24.0 Å². The van der Waals surface area contributed by atoms with Crippen molar-refractivity contribution >= 4 is 22.6 Å². The zero-order chi connectivity index (χ0) is 15.8. The van der Waals surface area contributed by atoms with Gasteiger partial charge in [0, 0.05) is 6.54 Å². The molecular formula is C17H25ClN2O. The molecule has 2 aromatic rings. The Balaban J connectivity index is 2.63. The van der Waals surface area contributed by atoms with Gasteiger partial charge in [0.15, 0.2) is 0 Å². The van der Waals surface area contributed by atoms with Crippen LogP contribution in [0.4, 0.5) is 0 Å². The summed E-state index contributed by atoms with van der Waals surface area (Å²) in [5.74, 6) is 2.27. The van der Waals surface area contributed by atoms with Gasteiger partial charge in [-0.15, -0.1) is 11.6 Å². The van der Waals surface area contributed by atoms with Gasteiger partial charge in [0.25, 0.3) is 0 Å². The fourth-order valence-electron chi connectivity index (χ4n) is 2.36. The van der Waals surface area contributed by atoms with Crippen LogP contribution in [0.2, 0.25) is 0 Å². The molecule has 0 aliphatic heterocycles. The SMILES string of the molecule is COc1cccc2c1nc(C(C)Cl)n2CC(C)(C)C(C)C. The van der Waals surface area contributed by atoms with E-state index in [1.54, 1.807) is 7.11 Å². The molecule has 0 saturated carbocycles. The Hall–Kier alpha value is -1.22. The summed E-state index contributed by atoms with van der Waals surface area (Å²) >= 11 is 6.36. The van der Waals surface area contributed by atoms with Gasteiger partial charge < -0.3 is 9.30 Å². The number of rotatable bonds is 5. The molecule has 1 unspecified atom stereocenters. The standard InChI is InChI=1S/C17H25ClN2O/c1-11(2)17(4,5)10-20-13-8-7-9-14(21-6)15(13)19-16(20)12(3)18/h7-9,11-12H,10H2,1-6H3. The molecule has 0 fully saturated rings. The van der Waals surface area contributed by atoms with Crippen LogP contribution in [0.1, 0.15) is 45.8 Å². The molecule has 3 nitrogen and oxygen atoms in total. The lowest BCUT2D eigenvalue weighted by Crippen LogP contribution is -2.26. The lowest BCUT2D eigenvalue weighted by Gasteiger charge is -2.31. The van der Waals surface area contributed by atoms with E-state index in [0.29, 0.717) is 5.92 Å². The van der Waals surface area contributed by atoms with Crippen LogP contribution in [0.3, 0.4) is 0 Å². The van der Waals surface area contributed by atoms with Crippen molar-refractivity contribution in [2.75, 3.05) is 7.11 Å². The van der Waals surface area contributed by atoms with Crippen LogP contribution in [0.25, 0.3) is 11.0 Å². The van der Waals surface area contributed by atoms with E-state index in [-0.39, 0.29) is 10.8 Å². The zero-order valence-electron chi connectivity index (χ0n) is 13.8. The molecule has 0 aliphatic carbocycles. The van der Waals surface area contributed by atoms with Gasteiger partial charge in [-0.05, 0) is 30.4 Å². The molecule has 0 aliphatic rings. The van der Waals surface area contributed by atoms with Gasteiger partial charge in [-0.3, -0.25) is 0 Å². The highest BCUT2D eigenvalue weighted by atomic mass is 35.5. The van der Waals surface area contributed by atoms with Crippen molar-refractivity contribution in [2.45, 2.75) is 46.5 Å². The molecular weight excluding hydrogens is 284 g/mol. The Labute approximate surface area is 132 Å². The maximum Gasteiger partial charge on any atom is 0.146 e. The summed E-state index contributed by atoms with van der Waals surface area (Å²) in [6.07, 6.45) is 0. The number of benzene rings is 1. The second kappa shape index (κ2) is 5.88. The largest absolute Gasteiger partial charge is 0.494 e. The third-order valence-corrected chi connectivity index (χ3v) is 4.67. The van der Waals surface area contributed by atoms with Crippen molar-refractivity contribution in [1.29, 1.82) is 0 Å².